The topological polar surface area (TPSA) is 38.5 Å². The van der Waals surface area contributed by atoms with E-state index in [9.17, 15) is 0 Å². The SMILES string of the molecule is Clc1ccc(CN2CCC(Oc3ccncc3)CC2)o1. The van der Waals surface area contributed by atoms with Crippen LogP contribution < -0.4 is 4.74 Å². The monoisotopic (exact) mass is 292 g/mol. The molecule has 0 N–H and O–H groups in total. The first-order valence-electron chi connectivity index (χ1n) is 6.83. The Hall–Kier alpha value is -1.52. The van der Waals surface area contributed by atoms with E-state index in [1.54, 1.807) is 18.5 Å². The van der Waals surface area contributed by atoms with Gasteiger partial charge >= 0.3 is 0 Å². The molecule has 3 heterocycles. The van der Waals surface area contributed by atoms with Crippen molar-refractivity contribution in [3.8, 4) is 5.75 Å². The van der Waals surface area contributed by atoms with Crippen LogP contribution in [0.4, 0.5) is 0 Å². The Balaban J connectivity index is 1.47. The number of rotatable bonds is 4. The highest BCUT2D eigenvalue weighted by Gasteiger charge is 2.21. The van der Waals surface area contributed by atoms with Gasteiger partial charge in [0.25, 0.3) is 0 Å². The van der Waals surface area contributed by atoms with Gasteiger partial charge in [0.05, 0.1) is 6.54 Å². The van der Waals surface area contributed by atoms with E-state index in [4.69, 9.17) is 20.8 Å². The molecule has 0 spiro atoms. The number of piperidine rings is 1. The molecule has 2 aromatic rings. The van der Waals surface area contributed by atoms with Gasteiger partial charge in [0, 0.05) is 25.5 Å². The van der Waals surface area contributed by atoms with Gasteiger partial charge in [0.2, 0.25) is 0 Å². The van der Waals surface area contributed by atoms with Gasteiger partial charge in [-0.15, -0.1) is 0 Å². The summed E-state index contributed by atoms with van der Waals surface area (Å²) in [4.78, 5) is 6.35. The van der Waals surface area contributed by atoms with Crippen molar-refractivity contribution in [2.45, 2.75) is 25.5 Å². The van der Waals surface area contributed by atoms with Crippen LogP contribution in [0.5, 0.6) is 5.75 Å². The van der Waals surface area contributed by atoms with E-state index in [1.807, 2.05) is 18.2 Å². The maximum Gasteiger partial charge on any atom is 0.193 e. The van der Waals surface area contributed by atoms with Crippen molar-refractivity contribution >= 4 is 11.6 Å². The molecule has 2 aromatic heterocycles. The molecule has 5 heteroatoms. The number of hydrogen-bond donors (Lipinski definition) is 0. The van der Waals surface area contributed by atoms with Crippen LogP contribution in [0.15, 0.2) is 41.1 Å². The molecule has 0 saturated carbocycles. The second kappa shape index (κ2) is 6.29. The fourth-order valence-corrected chi connectivity index (χ4v) is 2.61. The van der Waals surface area contributed by atoms with Crippen molar-refractivity contribution in [3.05, 3.63) is 47.6 Å². The number of halogens is 1. The molecule has 0 amide bonds. The van der Waals surface area contributed by atoms with E-state index < -0.39 is 0 Å². The highest BCUT2D eigenvalue weighted by Crippen LogP contribution is 2.21. The van der Waals surface area contributed by atoms with Crippen LogP contribution in [0.2, 0.25) is 5.22 Å². The van der Waals surface area contributed by atoms with E-state index in [0.29, 0.717) is 5.22 Å². The minimum absolute atomic E-state index is 0.286. The summed E-state index contributed by atoms with van der Waals surface area (Å²) >= 11 is 5.78. The van der Waals surface area contributed by atoms with Crippen molar-refractivity contribution in [1.29, 1.82) is 0 Å². The summed E-state index contributed by atoms with van der Waals surface area (Å²) in [6.45, 7) is 2.83. The van der Waals surface area contributed by atoms with Crippen LogP contribution in [-0.4, -0.2) is 29.1 Å². The lowest BCUT2D eigenvalue weighted by atomic mass is 10.1. The van der Waals surface area contributed by atoms with Gasteiger partial charge in [-0.25, -0.2) is 0 Å². The van der Waals surface area contributed by atoms with Gasteiger partial charge < -0.3 is 9.15 Å². The maximum atomic E-state index is 5.95. The Morgan fingerprint density at radius 3 is 2.60 bits per heavy atom. The van der Waals surface area contributed by atoms with Gasteiger partial charge in [0.1, 0.15) is 17.6 Å². The molecule has 0 atom stereocenters. The minimum Gasteiger partial charge on any atom is -0.490 e. The van der Waals surface area contributed by atoms with Crippen LogP contribution in [0.1, 0.15) is 18.6 Å². The summed E-state index contributed by atoms with van der Waals surface area (Å²) in [5, 5.41) is 0.455. The number of likely N-dealkylation sites (tertiary alicyclic amines) is 1. The molecule has 0 aliphatic carbocycles. The molecule has 1 saturated heterocycles. The van der Waals surface area contributed by atoms with E-state index in [1.165, 1.54) is 0 Å². The summed E-state index contributed by atoms with van der Waals surface area (Å²) in [6, 6.07) is 7.52. The van der Waals surface area contributed by atoms with Gasteiger partial charge in [-0.1, -0.05) is 0 Å². The molecule has 1 aliphatic heterocycles. The second-order valence-electron chi connectivity index (χ2n) is 4.98. The first-order valence-corrected chi connectivity index (χ1v) is 7.20. The van der Waals surface area contributed by atoms with Crippen LogP contribution in [0.25, 0.3) is 0 Å². The van der Waals surface area contributed by atoms with E-state index in [0.717, 1.165) is 44.0 Å². The number of furan rings is 1. The Bertz CT molecular complexity index is 536. The van der Waals surface area contributed by atoms with Crippen LogP contribution in [0.3, 0.4) is 0 Å². The summed E-state index contributed by atoms with van der Waals surface area (Å²) in [5.74, 6) is 1.82. The fraction of sp³-hybridized carbons (Fsp3) is 0.400. The van der Waals surface area contributed by atoms with Crippen molar-refractivity contribution in [1.82, 2.24) is 9.88 Å². The van der Waals surface area contributed by atoms with Crippen LogP contribution >= 0.6 is 11.6 Å². The summed E-state index contributed by atoms with van der Waals surface area (Å²) < 4.78 is 11.3. The summed E-state index contributed by atoms with van der Waals surface area (Å²) in [6.07, 6.45) is 5.85. The van der Waals surface area contributed by atoms with E-state index in [-0.39, 0.29) is 6.10 Å². The van der Waals surface area contributed by atoms with Crippen molar-refractivity contribution in [2.75, 3.05) is 13.1 Å². The van der Waals surface area contributed by atoms with Gasteiger partial charge in [-0.05, 0) is 48.7 Å². The third kappa shape index (κ3) is 3.52. The molecule has 1 fully saturated rings. The minimum atomic E-state index is 0.286. The van der Waals surface area contributed by atoms with Crippen LogP contribution in [-0.2, 0) is 6.54 Å². The zero-order chi connectivity index (χ0) is 13.8. The molecule has 0 aromatic carbocycles. The number of hydrogen-bond acceptors (Lipinski definition) is 4. The van der Waals surface area contributed by atoms with Gasteiger partial charge in [-0.3, -0.25) is 9.88 Å². The molecule has 106 valence electrons. The van der Waals surface area contributed by atoms with Crippen molar-refractivity contribution in [2.24, 2.45) is 0 Å². The number of pyridine rings is 1. The lowest BCUT2D eigenvalue weighted by Gasteiger charge is -2.31. The molecule has 20 heavy (non-hydrogen) atoms. The van der Waals surface area contributed by atoms with Gasteiger partial charge in [0.15, 0.2) is 5.22 Å². The average Bonchev–Trinajstić information content (AvgIpc) is 2.88. The van der Waals surface area contributed by atoms with Crippen molar-refractivity contribution in [3.63, 3.8) is 0 Å². The third-order valence-corrected chi connectivity index (χ3v) is 3.70. The quantitative estimate of drug-likeness (QED) is 0.866. The maximum absolute atomic E-state index is 5.95. The lowest BCUT2D eigenvalue weighted by Crippen LogP contribution is -2.37. The lowest BCUT2D eigenvalue weighted by molar-refractivity contribution is 0.0928. The Labute approximate surface area is 123 Å². The van der Waals surface area contributed by atoms with E-state index >= 15 is 0 Å². The first kappa shape index (κ1) is 13.5. The zero-order valence-corrected chi connectivity index (χ0v) is 11.9. The van der Waals surface area contributed by atoms with E-state index in [2.05, 4.69) is 9.88 Å². The molecule has 3 rings (SSSR count). The standard InChI is InChI=1S/C15H17ClN2O2/c16-15-2-1-14(20-15)11-18-9-5-13(6-10-18)19-12-3-7-17-8-4-12/h1-4,7-8,13H,5-6,9-11H2. The molecule has 0 unspecified atom stereocenters. The molecule has 0 bridgehead atoms. The predicted molar refractivity (Wildman–Crippen MR) is 76.9 cm³/mol. The largest absolute Gasteiger partial charge is 0.490 e. The molecule has 0 radical (unpaired) electrons. The summed E-state index contributed by atoms with van der Waals surface area (Å²) in [7, 11) is 0. The molecule has 1 aliphatic rings. The molecular formula is C15H17ClN2O2. The Morgan fingerprint density at radius 1 is 1.20 bits per heavy atom. The molecular weight excluding hydrogens is 276 g/mol. The first-order chi connectivity index (χ1) is 9.79. The second-order valence-corrected chi connectivity index (χ2v) is 5.35. The molecule has 4 nitrogen and oxygen atoms in total. The van der Waals surface area contributed by atoms with Crippen LogP contribution in [0, 0.1) is 0 Å². The third-order valence-electron chi connectivity index (χ3n) is 3.50. The van der Waals surface area contributed by atoms with Crippen molar-refractivity contribution < 1.29 is 9.15 Å². The highest BCUT2D eigenvalue weighted by molar-refractivity contribution is 6.28. The highest BCUT2D eigenvalue weighted by atomic mass is 35.5. The predicted octanol–water partition coefficient (Wildman–Crippen LogP) is 3.37. The Kier molecular flexibility index (Phi) is 4.23. The number of aromatic nitrogens is 1. The summed E-state index contributed by atoms with van der Waals surface area (Å²) in [5.41, 5.74) is 0. The zero-order valence-electron chi connectivity index (χ0n) is 11.2. The van der Waals surface area contributed by atoms with Gasteiger partial charge in [-0.2, -0.15) is 0 Å². The Morgan fingerprint density at radius 2 is 1.95 bits per heavy atom. The number of nitrogens with zero attached hydrogens (tertiary/aromatic N) is 2. The normalized spacial score (nSPS) is 17.2. The number of ether oxygens (including phenoxy) is 1. The average molecular weight is 293 g/mol. The fourth-order valence-electron chi connectivity index (χ4n) is 2.45. The smallest absolute Gasteiger partial charge is 0.193 e.